The minimum absolute atomic E-state index is 0.395. The van der Waals surface area contributed by atoms with Gasteiger partial charge in [0, 0.05) is 18.6 Å². The third kappa shape index (κ3) is 1.94. The summed E-state index contributed by atoms with van der Waals surface area (Å²) in [6, 6.07) is 1.22. The molecule has 2 heteroatoms. The monoisotopic (exact) mass is 157 g/mol. The Morgan fingerprint density at radius 3 is 2.45 bits per heavy atom. The average molecular weight is 157 g/mol. The van der Waals surface area contributed by atoms with Crippen LogP contribution in [0.1, 0.15) is 27.7 Å². The van der Waals surface area contributed by atoms with Crippen molar-refractivity contribution >= 4 is 0 Å². The summed E-state index contributed by atoms with van der Waals surface area (Å²) in [5.74, 6) is 0. The molecule has 66 valence electrons. The van der Waals surface area contributed by atoms with Crippen molar-refractivity contribution in [1.29, 1.82) is 0 Å². The van der Waals surface area contributed by atoms with Gasteiger partial charge in [0.2, 0.25) is 0 Å². The second kappa shape index (κ2) is 3.55. The molecule has 1 rings (SSSR count). The normalized spacial score (nSPS) is 34.6. The molecule has 0 radical (unpaired) electrons. The van der Waals surface area contributed by atoms with Gasteiger partial charge in [0.15, 0.2) is 0 Å². The van der Waals surface area contributed by atoms with Crippen molar-refractivity contribution < 1.29 is 4.74 Å². The molecule has 2 atom stereocenters. The summed E-state index contributed by atoms with van der Waals surface area (Å²) in [5, 5.41) is 0. The molecule has 0 bridgehead atoms. The van der Waals surface area contributed by atoms with E-state index in [4.69, 9.17) is 4.74 Å². The van der Waals surface area contributed by atoms with Gasteiger partial charge in [-0.25, -0.2) is 0 Å². The predicted octanol–water partition coefficient (Wildman–Crippen LogP) is 1.50. The molecular formula is C9H19NO. The molecule has 0 unspecified atom stereocenters. The molecular weight excluding hydrogens is 138 g/mol. The maximum Gasteiger partial charge on any atom is 0.0700 e. The van der Waals surface area contributed by atoms with Crippen molar-refractivity contribution in [3.05, 3.63) is 0 Å². The molecule has 0 aromatic rings. The fraction of sp³-hybridized carbons (Fsp3) is 1.00. The maximum absolute atomic E-state index is 5.53. The Morgan fingerprint density at radius 1 is 1.36 bits per heavy atom. The fourth-order valence-electron chi connectivity index (χ4n) is 1.69. The lowest BCUT2D eigenvalue weighted by atomic mass is 10.1. The van der Waals surface area contributed by atoms with Gasteiger partial charge in [0.05, 0.1) is 12.7 Å². The predicted molar refractivity (Wildman–Crippen MR) is 46.7 cm³/mol. The number of hydrogen-bond acceptors (Lipinski definition) is 2. The molecule has 0 N–H and O–H groups in total. The van der Waals surface area contributed by atoms with E-state index in [-0.39, 0.29) is 0 Å². The molecule has 1 saturated heterocycles. The lowest BCUT2D eigenvalue weighted by Crippen LogP contribution is -2.51. The first kappa shape index (κ1) is 9.01. The molecule has 1 heterocycles. The van der Waals surface area contributed by atoms with Gasteiger partial charge in [0.1, 0.15) is 0 Å². The minimum atomic E-state index is 0.395. The molecule has 0 aromatic heterocycles. The highest BCUT2D eigenvalue weighted by atomic mass is 16.5. The van der Waals surface area contributed by atoms with Gasteiger partial charge < -0.3 is 4.74 Å². The molecule has 11 heavy (non-hydrogen) atoms. The average Bonchev–Trinajstić information content (AvgIpc) is 1.94. The first-order valence-electron chi connectivity index (χ1n) is 4.50. The Kier molecular flexibility index (Phi) is 2.90. The van der Waals surface area contributed by atoms with Crippen LogP contribution in [0.5, 0.6) is 0 Å². The Morgan fingerprint density at radius 2 is 2.00 bits per heavy atom. The second-order valence-corrected chi connectivity index (χ2v) is 3.65. The molecule has 0 saturated carbocycles. The van der Waals surface area contributed by atoms with Crippen LogP contribution in [-0.2, 0) is 4.74 Å². The molecule has 0 aromatic carbocycles. The van der Waals surface area contributed by atoms with E-state index in [1.165, 1.54) is 0 Å². The minimum Gasteiger partial charge on any atom is -0.376 e. The van der Waals surface area contributed by atoms with Gasteiger partial charge in [-0.2, -0.15) is 0 Å². The molecule has 0 aliphatic carbocycles. The molecule has 0 amide bonds. The summed E-state index contributed by atoms with van der Waals surface area (Å²) in [7, 11) is 0. The number of ether oxygens (including phenoxy) is 1. The second-order valence-electron chi connectivity index (χ2n) is 3.65. The van der Waals surface area contributed by atoms with Crippen LogP contribution in [0.3, 0.4) is 0 Å². The van der Waals surface area contributed by atoms with Crippen molar-refractivity contribution in [3.8, 4) is 0 Å². The van der Waals surface area contributed by atoms with Gasteiger partial charge in [0.25, 0.3) is 0 Å². The van der Waals surface area contributed by atoms with E-state index < -0.39 is 0 Å². The van der Waals surface area contributed by atoms with Crippen molar-refractivity contribution in [3.63, 3.8) is 0 Å². The van der Waals surface area contributed by atoms with Crippen LogP contribution in [0.15, 0.2) is 0 Å². The van der Waals surface area contributed by atoms with Crippen molar-refractivity contribution in [2.45, 2.75) is 45.9 Å². The van der Waals surface area contributed by atoms with E-state index >= 15 is 0 Å². The summed E-state index contributed by atoms with van der Waals surface area (Å²) in [5.41, 5.74) is 0. The topological polar surface area (TPSA) is 12.5 Å². The van der Waals surface area contributed by atoms with Crippen LogP contribution >= 0.6 is 0 Å². The van der Waals surface area contributed by atoms with Crippen molar-refractivity contribution in [1.82, 2.24) is 4.90 Å². The largest absolute Gasteiger partial charge is 0.376 e. The summed E-state index contributed by atoms with van der Waals surface area (Å²) in [6.45, 7) is 10.9. The first-order chi connectivity index (χ1) is 5.13. The van der Waals surface area contributed by atoms with Gasteiger partial charge in [-0.3, -0.25) is 4.90 Å². The van der Waals surface area contributed by atoms with Gasteiger partial charge in [-0.15, -0.1) is 0 Å². The van der Waals surface area contributed by atoms with Crippen LogP contribution < -0.4 is 0 Å². The van der Waals surface area contributed by atoms with E-state index in [1.54, 1.807) is 0 Å². The maximum atomic E-state index is 5.53. The number of hydrogen-bond donors (Lipinski definition) is 0. The van der Waals surface area contributed by atoms with Crippen molar-refractivity contribution in [2.24, 2.45) is 0 Å². The lowest BCUT2D eigenvalue weighted by Gasteiger charge is -2.40. The zero-order valence-electron chi connectivity index (χ0n) is 8.00. The highest BCUT2D eigenvalue weighted by molar-refractivity contribution is 4.79. The van der Waals surface area contributed by atoms with Gasteiger partial charge in [-0.05, 0) is 27.7 Å². The van der Waals surface area contributed by atoms with Gasteiger partial charge in [-0.1, -0.05) is 0 Å². The molecule has 1 aliphatic rings. The molecule has 1 fully saturated rings. The number of rotatable bonds is 1. The third-order valence-electron chi connectivity index (χ3n) is 2.60. The highest BCUT2D eigenvalue weighted by Gasteiger charge is 2.26. The van der Waals surface area contributed by atoms with E-state index in [1.807, 2.05) is 0 Å². The lowest BCUT2D eigenvalue weighted by molar-refractivity contribution is -0.0663. The van der Waals surface area contributed by atoms with Crippen LogP contribution in [0, 0.1) is 0 Å². The Hall–Kier alpha value is -0.0800. The van der Waals surface area contributed by atoms with Crippen molar-refractivity contribution in [2.75, 3.05) is 13.2 Å². The smallest absolute Gasteiger partial charge is 0.0700 e. The summed E-state index contributed by atoms with van der Waals surface area (Å²) >= 11 is 0. The zero-order chi connectivity index (χ0) is 8.43. The van der Waals surface area contributed by atoms with Crippen LogP contribution in [0.4, 0.5) is 0 Å². The number of morpholine rings is 1. The molecule has 2 nitrogen and oxygen atoms in total. The van der Waals surface area contributed by atoms with Crippen LogP contribution in [0.2, 0.25) is 0 Å². The third-order valence-corrected chi connectivity index (χ3v) is 2.60. The first-order valence-corrected chi connectivity index (χ1v) is 4.50. The quantitative estimate of drug-likeness (QED) is 0.572. The summed E-state index contributed by atoms with van der Waals surface area (Å²) in [4.78, 5) is 2.49. The van der Waals surface area contributed by atoms with Gasteiger partial charge >= 0.3 is 0 Å². The SMILES string of the molecule is CC(C)N1CCO[C@@H](C)[C@@H]1C. The summed E-state index contributed by atoms with van der Waals surface area (Å²) in [6.07, 6.45) is 0.395. The Balaban J connectivity index is 2.51. The standard InChI is InChI=1S/C9H19NO/c1-7(2)10-5-6-11-9(4)8(10)3/h7-9H,5-6H2,1-4H3/t8-,9-/m0/s1. The summed E-state index contributed by atoms with van der Waals surface area (Å²) < 4.78 is 5.53. The Bertz CT molecular complexity index is 125. The Labute approximate surface area is 69.5 Å². The van der Waals surface area contributed by atoms with E-state index in [0.29, 0.717) is 18.2 Å². The van der Waals surface area contributed by atoms with E-state index in [0.717, 1.165) is 13.2 Å². The molecule has 0 spiro atoms. The fourth-order valence-corrected chi connectivity index (χ4v) is 1.69. The van der Waals surface area contributed by atoms with Crippen LogP contribution in [-0.4, -0.2) is 36.2 Å². The highest BCUT2D eigenvalue weighted by Crippen LogP contribution is 2.15. The zero-order valence-corrected chi connectivity index (χ0v) is 8.00. The molecule has 1 aliphatic heterocycles. The van der Waals surface area contributed by atoms with Crippen LogP contribution in [0.25, 0.3) is 0 Å². The van der Waals surface area contributed by atoms with E-state index in [2.05, 4.69) is 32.6 Å². The number of nitrogens with zero attached hydrogens (tertiary/aromatic N) is 1. The van der Waals surface area contributed by atoms with E-state index in [9.17, 15) is 0 Å².